The fourth-order valence-corrected chi connectivity index (χ4v) is 4.85. The van der Waals surface area contributed by atoms with E-state index in [1.165, 1.54) is 5.56 Å². The number of hydrogen-bond acceptors (Lipinski definition) is 5. The molecule has 5 nitrogen and oxygen atoms in total. The first-order valence-electron chi connectivity index (χ1n) is 10.1. The van der Waals surface area contributed by atoms with Gasteiger partial charge in [-0.15, -0.1) is 0 Å². The Morgan fingerprint density at radius 3 is 2.71 bits per heavy atom. The van der Waals surface area contributed by atoms with Crippen LogP contribution >= 0.6 is 0 Å². The number of aryl methyl sites for hydroxylation is 1. The van der Waals surface area contributed by atoms with Crippen molar-refractivity contribution in [2.75, 3.05) is 26.2 Å². The molecule has 1 atom stereocenters. The number of β-amino-alcohol motifs (C(OH)–C–C–N with tert-alkyl or cyclic N) is 1. The maximum atomic E-state index is 13.3. The van der Waals surface area contributed by atoms with Gasteiger partial charge in [0.1, 0.15) is 5.82 Å². The molecule has 2 saturated heterocycles. The SMILES string of the molecule is Cc1cc(F)ccc1CN1CCC2(CC1)CC(O)CN(Cc1cnccn1)C2. The summed E-state index contributed by atoms with van der Waals surface area (Å²) in [7, 11) is 0. The summed E-state index contributed by atoms with van der Waals surface area (Å²) < 4.78 is 13.3. The highest BCUT2D eigenvalue weighted by atomic mass is 19.1. The first-order valence-corrected chi connectivity index (χ1v) is 10.1. The van der Waals surface area contributed by atoms with Crippen molar-refractivity contribution in [1.29, 1.82) is 0 Å². The second-order valence-corrected chi connectivity index (χ2v) is 8.57. The van der Waals surface area contributed by atoms with Gasteiger partial charge in [0.2, 0.25) is 0 Å². The van der Waals surface area contributed by atoms with Crippen molar-refractivity contribution in [3.63, 3.8) is 0 Å². The van der Waals surface area contributed by atoms with Crippen LogP contribution in [0.25, 0.3) is 0 Å². The molecule has 1 aromatic heterocycles. The topological polar surface area (TPSA) is 52.5 Å². The van der Waals surface area contributed by atoms with Crippen LogP contribution in [-0.4, -0.2) is 57.2 Å². The quantitative estimate of drug-likeness (QED) is 0.879. The summed E-state index contributed by atoms with van der Waals surface area (Å²) in [6.45, 7) is 7.33. The molecule has 2 aliphatic rings. The van der Waals surface area contributed by atoms with Gasteiger partial charge in [0, 0.05) is 44.8 Å². The minimum absolute atomic E-state index is 0.168. The Bertz CT molecular complexity index is 792. The van der Waals surface area contributed by atoms with Gasteiger partial charge >= 0.3 is 0 Å². The summed E-state index contributed by atoms with van der Waals surface area (Å²) in [5.74, 6) is -0.168. The van der Waals surface area contributed by atoms with Crippen molar-refractivity contribution >= 4 is 0 Å². The smallest absolute Gasteiger partial charge is 0.123 e. The number of likely N-dealkylation sites (tertiary alicyclic amines) is 2. The second kappa shape index (κ2) is 8.23. The zero-order chi connectivity index (χ0) is 19.6. The molecule has 3 heterocycles. The van der Waals surface area contributed by atoms with Gasteiger partial charge in [-0.2, -0.15) is 0 Å². The molecule has 0 amide bonds. The molecule has 4 rings (SSSR count). The molecule has 0 aliphatic carbocycles. The first-order chi connectivity index (χ1) is 13.5. The molecule has 2 fully saturated rings. The van der Waals surface area contributed by atoms with E-state index < -0.39 is 0 Å². The van der Waals surface area contributed by atoms with Crippen LogP contribution < -0.4 is 0 Å². The molecular formula is C22H29FN4O. The van der Waals surface area contributed by atoms with Crippen molar-refractivity contribution in [3.05, 3.63) is 59.4 Å². The summed E-state index contributed by atoms with van der Waals surface area (Å²) in [5.41, 5.74) is 3.35. The van der Waals surface area contributed by atoms with Crippen molar-refractivity contribution in [1.82, 2.24) is 19.8 Å². The van der Waals surface area contributed by atoms with E-state index in [9.17, 15) is 9.50 Å². The maximum absolute atomic E-state index is 13.3. The number of hydrogen-bond donors (Lipinski definition) is 1. The Labute approximate surface area is 166 Å². The Hall–Kier alpha value is -1.89. The molecule has 2 aliphatic heterocycles. The van der Waals surface area contributed by atoms with Gasteiger partial charge in [-0.3, -0.25) is 19.8 Å². The average molecular weight is 384 g/mol. The molecule has 2 aromatic rings. The van der Waals surface area contributed by atoms with E-state index in [1.807, 2.05) is 13.0 Å². The predicted molar refractivity (Wildman–Crippen MR) is 106 cm³/mol. The summed E-state index contributed by atoms with van der Waals surface area (Å²) in [6, 6.07) is 5.07. The second-order valence-electron chi connectivity index (χ2n) is 8.57. The predicted octanol–water partition coefficient (Wildman–Crippen LogP) is 2.77. The number of aliphatic hydroxyl groups is 1. The zero-order valence-electron chi connectivity index (χ0n) is 16.5. The van der Waals surface area contributed by atoms with Crippen molar-refractivity contribution < 1.29 is 9.50 Å². The van der Waals surface area contributed by atoms with Gasteiger partial charge in [-0.1, -0.05) is 6.07 Å². The third-order valence-electron chi connectivity index (χ3n) is 6.31. The van der Waals surface area contributed by atoms with Crippen LogP contribution in [0.5, 0.6) is 0 Å². The Kier molecular flexibility index (Phi) is 5.71. The lowest BCUT2D eigenvalue weighted by Crippen LogP contribution is -2.53. The van der Waals surface area contributed by atoms with Crippen LogP contribution in [0.2, 0.25) is 0 Å². The van der Waals surface area contributed by atoms with Gasteiger partial charge in [0.05, 0.1) is 11.8 Å². The molecule has 6 heteroatoms. The Morgan fingerprint density at radius 1 is 1.18 bits per heavy atom. The fraction of sp³-hybridized carbons (Fsp3) is 0.545. The third-order valence-corrected chi connectivity index (χ3v) is 6.31. The number of halogens is 1. The molecule has 0 radical (unpaired) electrons. The van der Waals surface area contributed by atoms with Gasteiger partial charge in [0.15, 0.2) is 0 Å². The highest BCUT2D eigenvalue weighted by Gasteiger charge is 2.41. The van der Waals surface area contributed by atoms with Gasteiger partial charge in [0.25, 0.3) is 0 Å². The maximum Gasteiger partial charge on any atom is 0.123 e. The molecule has 1 unspecified atom stereocenters. The molecular weight excluding hydrogens is 355 g/mol. The standard InChI is InChI=1S/C22H29FN4O/c1-17-10-19(23)3-2-18(17)13-26-8-4-22(5-9-26)11-21(28)15-27(16-22)14-20-12-24-6-7-25-20/h2-3,6-7,10,12,21,28H,4-5,8-9,11,13-16H2,1H3. The fourth-order valence-electron chi connectivity index (χ4n) is 4.85. The average Bonchev–Trinajstić information content (AvgIpc) is 2.66. The molecule has 1 N–H and O–H groups in total. The number of piperidine rings is 2. The Morgan fingerprint density at radius 2 is 2.00 bits per heavy atom. The van der Waals surface area contributed by atoms with Crippen LogP contribution in [0.3, 0.4) is 0 Å². The molecule has 1 spiro atoms. The first kappa shape index (κ1) is 19.4. The number of rotatable bonds is 4. The Balaban J connectivity index is 1.36. The van der Waals surface area contributed by atoms with E-state index in [1.54, 1.807) is 30.7 Å². The summed E-state index contributed by atoms with van der Waals surface area (Å²) >= 11 is 0. The number of benzene rings is 1. The minimum Gasteiger partial charge on any atom is -0.392 e. The highest BCUT2D eigenvalue weighted by molar-refractivity contribution is 5.26. The van der Waals surface area contributed by atoms with Crippen LogP contribution in [-0.2, 0) is 13.1 Å². The normalized spacial score (nSPS) is 23.2. The van der Waals surface area contributed by atoms with Crippen LogP contribution in [0.1, 0.15) is 36.1 Å². The number of nitrogens with zero attached hydrogens (tertiary/aromatic N) is 4. The van der Waals surface area contributed by atoms with Gasteiger partial charge in [-0.05, 0) is 68.0 Å². The molecule has 28 heavy (non-hydrogen) atoms. The van der Waals surface area contributed by atoms with E-state index in [0.717, 1.165) is 63.2 Å². The van der Waals surface area contributed by atoms with E-state index in [4.69, 9.17) is 0 Å². The lowest BCUT2D eigenvalue weighted by molar-refractivity contribution is -0.0450. The minimum atomic E-state index is -0.281. The van der Waals surface area contributed by atoms with Gasteiger partial charge < -0.3 is 5.11 Å². The largest absolute Gasteiger partial charge is 0.392 e. The monoisotopic (exact) mass is 384 g/mol. The molecule has 1 aromatic carbocycles. The molecule has 150 valence electrons. The van der Waals surface area contributed by atoms with Crippen molar-refractivity contribution in [2.24, 2.45) is 5.41 Å². The molecule has 0 saturated carbocycles. The van der Waals surface area contributed by atoms with E-state index in [-0.39, 0.29) is 17.3 Å². The van der Waals surface area contributed by atoms with Crippen molar-refractivity contribution in [3.8, 4) is 0 Å². The van der Waals surface area contributed by atoms with Crippen LogP contribution in [0.15, 0.2) is 36.8 Å². The lowest BCUT2D eigenvalue weighted by Gasteiger charge is -2.49. The number of aromatic nitrogens is 2. The van der Waals surface area contributed by atoms with Gasteiger partial charge in [-0.25, -0.2) is 4.39 Å². The lowest BCUT2D eigenvalue weighted by atomic mass is 9.71. The highest BCUT2D eigenvalue weighted by Crippen LogP contribution is 2.40. The number of aliphatic hydroxyl groups excluding tert-OH is 1. The van der Waals surface area contributed by atoms with E-state index in [2.05, 4.69) is 19.8 Å². The van der Waals surface area contributed by atoms with E-state index in [0.29, 0.717) is 6.54 Å². The molecule has 0 bridgehead atoms. The summed E-state index contributed by atoms with van der Waals surface area (Å²) in [5, 5.41) is 10.5. The van der Waals surface area contributed by atoms with Crippen molar-refractivity contribution in [2.45, 2.75) is 45.4 Å². The van der Waals surface area contributed by atoms with Crippen LogP contribution in [0.4, 0.5) is 4.39 Å². The summed E-state index contributed by atoms with van der Waals surface area (Å²) in [6.07, 6.45) is 7.99. The summed E-state index contributed by atoms with van der Waals surface area (Å²) in [4.78, 5) is 13.3. The third kappa shape index (κ3) is 4.57. The zero-order valence-corrected chi connectivity index (χ0v) is 16.5. The van der Waals surface area contributed by atoms with Crippen LogP contribution in [0, 0.1) is 18.2 Å². The van der Waals surface area contributed by atoms with E-state index >= 15 is 0 Å².